The minimum absolute atomic E-state index is 0.249. The fourth-order valence-electron chi connectivity index (χ4n) is 3.81. The van der Waals surface area contributed by atoms with Crippen LogP contribution in [0.4, 0.5) is 0 Å². The molecule has 4 aromatic rings. The van der Waals surface area contributed by atoms with Gasteiger partial charge in [0.15, 0.2) is 6.61 Å². The van der Waals surface area contributed by atoms with Crippen molar-refractivity contribution in [3.63, 3.8) is 0 Å². The molecule has 0 saturated heterocycles. The molecule has 36 heavy (non-hydrogen) atoms. The minimum Gasteiger partial charge on any atom is -0.489 e. The smallest absolute Gasteiger partial charge is 0.338 e. The van der Waals surface area contributed by atoms with E-state index in [1.807, 2.05) is 74.5 Å². The highest BCUT2D eigenvalue weighted by Crippen LogP contribution is 2.20. The zero-order chi connectivity index (χ0) is 25.3. The number of aromatic nitrogens is 1. The lowest BCUT2D eigenvalue weighted by Crippen LogP contribution is -2.33. The van der Waals surface area contributed by atoms with Gasteiger partial charge in [0.25, 0.3) is 5.91 Å². The Balaban J connectivity index is 1.34. The molecule has 0 aliphatic heterocycles. The summed E-state index contributed by atoms with van der Waals surface area (Å²) in [7, 11) is 0. The van der Waals surface area contributed by atoms with E-state index in [1.165, 1.54) is 0 Å². The topological polar surface area (TPSA) is 90.7 Å². The molecule has 7 nitrogen and oxygen atoms in total. The molecular weight excluding hydrogens is 456 g/mol. The molecule has 184 valence electrons. The quantitative estimate of drug-likeness (QED) is 0.314. The molecule has 0 aliphatic rings. The van der Waals surface area contributed by atoms with Gasteiger partial charge in [0, 0.05) is 0 Å². The second-order valence-corrected chi connectivity index (χ2v) is 8.42. The van der Waals surface area contributed by atoms with Crippen molar-refractivity contribution in [1.82, 2.24) is 10.5 Å². The van der Waals surface area contributed by atoms with Crippen LogP contribution < -0.4 is 10.1 Å². The number of aryl methyl sites for hydroxylation is 2. The predicted molar refractivity (Wildman–Crippen MR) is 135 cm³/mol. The van der Waals surface area contributed by atoms with E-state index >= 15 is 0 Å². The number of hydrogen-bond acceptors (Lipinski definition) is 6. The third-order valence-corrected chi connectivity index (χ3v) is 5.79. The van der Waals surface area contributed by atoms with Crippen LogP contribution in [-0.2, 0) is 22.6 Å². The van der Waals surface area contributed by atoms with Gasteiger partial charge >= 0.3 is 5.97 Å². The van der Waals surface area contributed by atoms with Crippen LogP contribution in [0.15, 0.2) is 89.5 Å². The molecule has 0 aliphatic carbocycles. The number of carbonyl (C=O) groups is 2. The summed E-state index contributed by atoms with van der Waals surface area (Å²) in [6.45, 7) is 3.54. The van der Waals surface area contributed by atoms with E-state index < -0.39 is 5.97 Å². The predicted octanol–water partition coefficient (Wildman–Crippen LogP) is 5.13. The van der Waals surface area contributed by atoms with E-state index in [1.54, 1.807) is 24.3 Å². The number of benzene rings is 3. The van der Waals surface area contributed by atoms with Crippen LogP contribution in [0.25, 0.3) is 0 Å². The second kappa shape index (κ2) is 11.8. The third-order valence-electron chi connectivity index (χ3n) is 5.79. The maximum absolute atomic E-state index is 12.7. The molecule has 0 spiro atoms. The van der Waals surface area contributed by atoms with E-state index in [9.17, 15) is 9.59 Å². The van der Waals surface area contributed by atoms with Gasteiger partial charge in [-0.25, -0.2) is 4.79 Å². The van der Waals surface area contributed by atoms with Crippen LogP contribution in [0.5, 0.6) is 5.75 Å². The van der Waals surface area contributed by atoms with Gasteiger partial charge in [-0.3, -0.25) is 4.79 Å². The maximum atomic E-state index is 12.7. The number of hydrogen-bond donors (Lipinski definition) is 1. The zero-order valence-corrected chi connectivity index (χ0v) is 20.3. The standard InChI is InChI=1S/C29H28N2O5/c1-20-26(21(2)36-31-20)18-34-25-15-9-14-24(17-25)29(33)35-19-28(32)30-27(23-12-7-4-8-13-23)16-22-10-5-3-6-11-22/h3-15,17,27H,16,18-19H2,1-2H3,(H,30,32). The van der Waals surface area contributed by atoms with Crippen LogP contribution in [0.2, 0.25) is 0 Å². The average Bonchev–Trinajstić information content (AvgIpc) is 3.23. The lowest BCUT2D eigenvalue weighted by atomic mass is 9.99. The van der Waals surface area contributed by atoms with Crippen molar-refractivity contribution in [2.45, 2.75) is 32.9 Å². The first-order valence-corrected chi connectivity index (χ1v) is 11.7. The summed E-state index contributed by atoms with van der Waals surface area (Å²) in [5.74, 6) is 0.210. The first-order valence-electron chi connectivity index (χ1n) is 11.7. The van der Waals surface area contributed by atoms with E-state index in [-0.39, 0.29) is 25.2 Å². The first-order chi connectivity index (χ1) is 17.5. The Labute approximate surface area is 210 Å². The lowest BCUT2D eigenvalue weighted by Gasteiger charge is -2.19. The molecule has 1 aromatic heterocycles. The zero-order valence-electron chi connectivity index (χ0n) is 20.3. The number of ether oxygens (including phenoxy) is 2. The fourth-order valence-corrected chi connectivity index (χ4v) is 3.81. The molecular formula is C29H28N2O5. The van der Waals surface area contributed by atoms with Crippen molar-refractivity contribution in [1.29, 1.82) is 0 Å². The number of esters is 1. The van der Waals surface area contributed by atoms with Crippen molar-refractivity contribution in [2.75, 3.05) is 6.61 Å². The van der Waals surface area contributed by atoms with Gasteiger partial charge in [-0.05, 0) is 49.6 Å². The molecule has 4 rings (SSSR count). The van der Waals surface area contributed by atoms with Crippen molar-refractivity contribution in [2.24, 2.45) is 0 Å². The molecule has 1 unspecified atom stereocenters. The van der Waals surface area contributed by atoms with E-state index in [0.717, 1.165) is 22.4 Å². The van der Waals surface area contributed by atoms with E-state index in [0.29, 0.717) is 23.5 Å². The number of nitrogens with one attached hydrogen (secondary N) is 1. The third kappa shape index (κ3) is 6.60. The van der Waals surface area contributed by atoms with Crippen LogP contribution in [0.3, 0.4) is 0 Å². The fraction of sp³-hybridized carbons (Fsp3) is 0.207. The van der Waals surface area contributed by atoms with Crippen molar-refractivity contribution in [3.05, 3.63) is 119 Å². The molecule has 1 N–H and O–H groups in total. The molecule has 0 fully saturated rings. The van der Waals surface area contributed by atoms with Crippen LogP contribution >= 0.6 is 0 Å². The van der Waals surface area contributed by atoms with Crippen LogP contribution in [0.1, 0.15) is 44.5 Å². The summed E-state index contributed by atoms with van der Waals surface area (Å²) in [6, 6.07) is 26.0. The van der Waals surface area contributed by atoms with Gasteiger partial charge in [-0.15, -0.1) is 0 Å². The number of carbonyl (C=O) groups excluding carboxylic acids is 2. The largest absolute Gasteiger partial charge is 0.489 e. The molecule has 1 heterocycles. The minimum atomic E-state index is -0.604. The molecule has 7 heteroatoms. The van der Waals surface area contributed by atoms with Gasteiger partial charge in [-0.2, -0.15) is 0 Å². The number of amides is 1. The Bertz CT molecular complexity index is 1280. The van der Waals surface area contributed by atoms with Crippen molar-refractivity contribution < 1.29 is 23.6 Å². The molecule has 0 bridgehead atoms. The van der Waals surface area contributed by atoms with Crippen LogP contribution in [-0.4, -0.2) is 23.6 Å². The Morgan fingerprint density at radius 3 is 2.36 bits per heavy atom. The van der Waals surface area contributed by atoms with Gasteiger partial charge in [0.1, 0.15) is 18.1 Å². The number of nitrogens with zero attached hydrogens (tertiary/aromatic N) is 1. The van der Waals surface area contributed by atoms with Gasteiger partial charge < -0.3 is 19.3 Å². The second-order valence-electron chi connectivity index (χ2n) is 8.42. The summed E-state index contributed by atoms with van der Waals surface area (Å²) < 4.78 is 16.2. The molecule has 1 amide bonds. The molecule has 3 aromatic carbocycles. The summed E-state index contributed by atoms with van der Waals surface area (Å²) in [6.07, 6.45) is 0.620. The average molecular weight is 485 g/mol. The van der Waals surface area contributed by atoms with Gasteiger partial charge in [0.2, 0.25) is 0 Å². The van der Waals surface area contributed by atoms with Gasteiger partial charge in [-0.1, -0.05) is 71.9 Å². The summed E-state index contributed by atoms with van der Waals surface area (Å²) in [5, 5.41) is 6.90. The lowest BCUT2D eigenvalue weighted by molar-refractivity contribution is -0.125. The van der Waals surface area contributed by atoms with E-state index in [4.69, 9.17) is 14.0 Å². The highest BCUT2D eigenvalue weighted by atomic mass is 16.5. The Morgan fingerprint density at radius 2 is 1.67 bits per heavy atom. The summed E-state index contributed by atoms with van der Waals surface area (Å²) >= 11 is 0. The SMILES string of the molecule is Cc1noc(C)c1COc1cccc(C(=O)OCC(=O)NC(Cc2ccccc2)c2ccccc2)c1. The Hall–Kier alpha value is -4.39. The highest BCUT2D eigenvalue weighted by Gasteiger charge is 2.17. The van der Waals surface area contributed by atoms with Crippen LogP contribution in [0, 0.1) is 13.8 Å². The maximum Gasteiger partial charge on any atom is 0.338 e. The molecule has 0 saturated carbocycles. The summed E-state index contributed by atoms with van der Waals surface area (Å²) in [5.41, 5.74) is 3.99. The Morgan fingerprint density at radius 1 is 0.944 bits per heavy atom. The van der Waals surface area contributed by atoms with E-state index in [2.05, 4.69) is 10.5 Å². The monoisotopic (exact) mass is 484 g/mol. The normalized spacial score (nSPS) is 11.5. The highest BCUT2D eigenvalue weighted by molar-refractivity contribution is 5.91. The van der Waals surface area contributed by atoms with Gasteiger partial charge in [0.05, 0.1) is 22.9 Å². The summed E-state index contributed by atoms with van der Waals surface area (Å²) in [4.78, 5) is 25.3. The van der Waals surface area contributed by atoms with Crippen molar-refractivity contribution in [3.8, 4) is 5.75 Å². The Kier molecular flexibility index (Phi) is 8.13. The molecule has 1 atom stereocenters. The first kappa shape index (κ1) is 24.7. The molecule has 0 radical (unpaired) electrons. The number of rotatable bonds is 10. The van der Waals surface area contributed by atoms with Crippen molar-refractivity contribution >= 4 is 11.9 Å².